The molecule has 7 heteroatoms. The number of hydrogen-bond acceptors (Lipinski definition) is 6. The number of nitrogens with one attached hydrogen (secondary N) is 1. The standard InChI is InChI=1S/C18H20N4OS2/c1-2-14-9-15-16(19-11-20-18(15)25-14)22-6-3-13(4-7-22)21-17(23)12-5-8-24-10-12/h5,8-11,13H,2-4,6-7H2,1H3,(H,21,23). The van der Waals surface area contributed by atoms with Gasteiger partial charge in [-0.15, -0.1) is 11.3 Å². The lowest BCUT2D eigenvalue weighted by molar-refractivity contribution is 0.0931. The maximum Gasteiger partial charge on any atom is 0.252 e. The second-order valence-electron chi connectivity index (χ2n) is 6.23. The summed E-state index contributed by atoms with van der Waals surface area (Å²) >= 11 is 3.30. The Morgan fingerprint density at radius 1 is 1.36 bits per heavy atom. The van der Waals surface area contributed by atoms with Crippen LogP contribution in [0.5, 0.6) is 0 Å². The van der Waals surface area contributed by atoms with Gasteiger partial charge in [-0.3, -0.25) is 4.79 Å². The summed E-state index contributed by atoms with van der Waals surface area (Å²) < 4.78 is 0. The number of thiophene rings is 2. The van der Waals surface area contributed by atoms with Crippen molar-refractivity contribution in [2.45, 2.75) is 32.2 Å². The van der Waals surface area contributed by atoms with Crippen molar-refractivity contribution >= 4 is 44.6 Å². The summed E-state index contributed by atoms with van der Waals surface area (Å²) in [4.78, 5) is 25.9. The third kappa shape index (κ3) is 3.39. The number of carbonyl (C=O) groups is 1. The van der Waals surface area contributed by atoms with Crippen molar-refractivity contribution in [3.05, 3.63) is 39.7 Å². The summed E-state index contributed by atoms with van der Waals surface area (Å²) in [7, 11) is 0. The number of anilines is 1. The van der Waals surface area contributed by atoms with Crippen molar-refractivity contribution in [1.29, 1.82) is 0 Å². The average Bonchev–Trinajstić information content (AvgIpc) is 3.31. The first-order chi connectivity index (χ1) is 12.2. The van der Waals surface area contributed by atoms with Crippen LogP contribution < -0.4 is 10.2 Å². The number of carbonyl (C=O) groups excluding carboxylic acids is 1. The fourth-order valence-electron chi connectivity index (χ4n) is 3.22. The number of fused-ring (bicyclic) bond motifs is 1. The van der Waals surface area contributed by atoms with E-state index in [0.29, 0.717) is 0 Å². The van der Waals surface area contributed by atoms with Gasteiger partial charge in [0.05, 0.1) is 5.39 Å². The Balaban J connectivity index is 1.43. The predicted octanol–water partition coefficient (Wildman–Crippen LogP) is 3.71. The van der Waals surface area contributed by atoms with Gasteiger partial charge in [-0.1, -0.05) is 6.92 Å². The molecule has 0 bridgehead atoms. The Morgan fingerprint density at radius 2 is 2.20 bits per heavy atom. The van der Waals surface area contributed by atoms with E-state index in [4.69, 9.17) is 0 Å². The molecule has 3 aromatic heterocycles. The highest BCUT2D eigenvalue weighted by molar-refractivity contribution is 7.18. The first-order valence-electron chi connectivity index (χ1n) is 8.56. The summed E-state index contributed by atoms with van der Waals surface area (Å²) in [6.07, 6.45) is 4.56. The summed E-state index contributed by atoms with van der Waals surface area (Å²) in [6, 6.07) is 4.32. The van der Waals surface area contributed by atoms with E-state index < -0.39 is 0 Å². The second-order valence-corrected chi connectivity index (χ2v) is 8.12. The number of piperidine rings is 1. The van der Waals surface area contributed by atoms with Crippen LogP contribution in [0, 0.1) is 0 Å². The lowest BCUT2D eigenvalue weighted by atomic mass is 10.0. The number of amides is 1. The third-order valence-electron chi connectivity index (χ3n) is 4.62. The van der Waals surface area contributed by atoms with Gasteiger partial charge in [0.1, 0.15) is 17.0 Å². The van der Waals surface area contributed by atoms with E-state index in [-0.39, 0.29) is 11.9 Å². The quantitative estimate of drug-likeness (QED) is 0.758. The SMILES string of the molecule is CCc1cc2c(N3CCC(NC(=O)c4ccsc4)CC3)ncnc2s1. The summed E-state index contributed by atoms with van der Waals surface area (Å²) in [5.41, 5.74) is 0.760. The van der Waals surface area contributed by atoms with Crippen LogP contribution in [0.4, 0.5) is 5.82 Å². The minimum atomic E-state index is 0.0366. The summed E-state index contributed by atoms with van der Waals surface area (Å²) in [5, 5.41) is 8.14. The monoisotopic (exact) mass is 372 g/mol. The van der Waals surface area contributed by atoms with Crippen LogP contribution in [0.15, 0.2) is 29.2 Å². The average molecular weight is 373 g/mol. The Labute approximate surface area is 154 Å². The van der Waals surface area contributed by atoms with Crippen molar-refractivity contribution in [3.8, 4) is 0 Å². The molecule has 5 nitrogen and oxygen atoms in total. The number of hydrogen-bond donors (Lipinski definition) is 1. The van der Waals surface area contributed by atoms with Crippen LogP contribution in [0.25, 0.3) is 10.2 Å². The molecule has 1 amide bonds. The van der Waals surface area contributed by atoms with Crippen molar-refractivity contribution in [1.82, 2.24) is 15.3 Å². The summed E-state index contributed by atoms with van der Waals surface area (Å²) in [6.45, 7) is 3.97. The van der Waals surface area contributed by atoms with Gasteiger partial charge in [0.15, 0.2) is 0 Å². The minimum Gasteiger partial charge on any atom is -0.356 e. The zero-order chi connectivity index (χ0) is 17.2. The highest BCUT2D eigenvalue weighted by atomic mass is 32.1. The zero-order valence-electron chi connectivity index (χ0n) is 14.1. The van der Waals surface area contributed by atoms with Crippen LogP contribution >= 0.6 is 22.7 Å². The van der Waals surface area contributed by atoms with Gasteiger partial charge in [0.25, 0.3) is 5.91 Å². The Morgan fingerprint density at radius 3 is 2.92 bits per heavy atom. The van der Waals surface area contributed by atoms with Gasteiger partial charge >= 0.3 is 0 Å². The predicted molar refractivity (Wildman–Crippen MR) is 104 cm³/mol. The first kappa shape index (κ1) is 16.5. The van der Waals surface area contributed by atoms with E-state index in [0.717, 1.165) is 53.9 Å². The van der Waals surface area contributed by atoms with Crippen molar-refractivity contribution < 1.29 is 4.79 Å². The van der Waals surface area contributed by atoms with Crippen molar-refractivity contribution in [3.63, 3.8) is 0 Å². The largest absolute Gasteiger partial charge is 0.356 e. The minimum absolute atomic E-state index is 0.0366. The molecule has 0 saturated carbocycles. The lowest BCUT2D eigenvalue weighted by Gasteiger charge is -2.33. The molecule has 0 atom stereocenters. The van der Waals surface area contributed by atoms with E-state index in [1.54, 1.807) is 29.0 Å². The lowest BCUT2D eigenvalue weighted by Crippen LogP contribution is -2.44. The molecule has 4 heterocycles. The smallest absolute Gasteiger partial charge is 0.252 e. The molecule has 130 valence electrons. The fourth-order valence-corrected chi connectivity index (χ4v) is 4.78. The topological polar surface area (TPSA) is 58.1 Å². The van der Waals surface area contributed by atoms with E-state index in [1.807, 2.05) is 16.8 Å². The van der Waals surface area contributed by atoms with Gasteiger partial charge in [-0.05, 0) is 36.8 Å². The maximum absolute atomic E-state index is 12.2. The fraction of sp³-hybridized carbons (Fsp3) is 0.389. The normalized spacial score (nSPS) is 15.6. The summed E-state index contributed by atoms with van der Waals surface area (Å²) in [5.74, 6) is 1.07. The van der Waals surface area contributed by atoms with Gasteiger partial charge in [-0.25, -0.2) is 9.97 Å². The second kappa shape index (κ2) is 7.09. The van der Waals surface area contributed by atoms with Crippen LogP contribution in [-0.2, 0) is 6.42 Å². The first-order valence-corrected chi connectivity index (χ1v) is 10.3. The molecule has 0 aromatic carbocycles. The zero-order valence-corrected chi connectivity index (χ0v) is 15.7. The van der Waals surface area contributed by atoms with Crippen LogP contribution in [-0.4, -0.2) is 35.0 Å². The number of nitrogens with zero attached hydrogens (tertiary/aromatic N) is 3. The van der Waals surface area contributed by atoms with Gasteiger partial charge < -0.3 is 10.2 Å². The Hall–Kier alpha value is -1.99. The number of aromatic nitrogens is 2. The van der Waals surface area contributed by atoms with Gasteiger partial charge in [-0.2, -0.15) is 11.3 Å². The van der Waals surface area contributed by atoms with Crippen LogP contribution in [0.2, 0.25) is 0 Å². The highest BCUT2D eigenvalue weighted by Gasteiger charge is 2.23. The Bertz CT molecular complexity index is 866. The van der Waals surface area contributed by atoms with Gasteiger partial charge in [0.2, 0.25) is 0 Å². The van der Waals surface area contributed by atoms with Crippen molar-refractivity contribution in [2.75, 3.05) is 18.0 Å². The molecule has 0 unspecified atom stereocenters. The molecule has 4 rings (SSSR count). The molecule has 1 N–H and O–H groups in total. The molecular weight excluding hydrogens is 352 g/mol. The van der Waals surface area contributed by atoms with Crippen molar-refractivity contribution in [2.24, 2.45) is 0 Å². The molecule has 0 radical (unpaired) electrons. The molecule has 0 aliphatic carbocycles. The number of rotatable bonds is 4. The molecule has 3 aromatic rings. The highest BCUT2D eigenvalue weighted by Crippen LogP contribution is 2.31. The van der Waals surface area contributed by atoms with E-state index >= 15 is 0 Å². The van der Waals surface area contributed by atoms with E-state index in [1.165, 1.54) is 4.88 Å². The molecule has 25 heavy (non-hydrogen) atoms. The van der Waals surface area contributed by atoms with Crippen LogP contribution in [0.1, 0.15) is 35.0 Å². The van der Waals surface area contributed by atoms with Crippen LogP contribution in [0.3, 0.4) is 0 Å². The molecule has 0 spiro atoms. The molecule has 1 fully saturated rings. The van der Waals surface area contributed by atoms with Gasteiger partial charge in [0, 0.05) is 35.0 Å². The van der Waals surface area contributed by atoms with E-state index in [9.17, 15) is 4.79 Å². The molecular formula is C18H20N4OS2. The van der Waals surface area contributed by atoms with E-state index in [2.05, 4.69) is 33.2 Å². The molecule has 1 saturated heterocycles. The third-order valence-corrected chi connectivity index (χ3v) is 6.49. The maximum atomic E-state index is 12.2. The Kier molecular flexibility index (Phi) is 4.67. The number of aryl methyl sites for hydroxylation is 1. The molecule has 1 aliphatic heterocycles. The molecule has 1 aliphatic rings.